The van der Waals surface area contributed by atoms with E-state index < -0.39 is 0 Å². The number of amides is 1. The molecule has 0 spiro atoms. The quantitative estimate of drug-likeness (QED) is 0.604. The van der Waals surface area contributed by atoms with Crippen molar-refractivity contribution >= 4 is 11.7 Å². The minimum Gasteiger partial charge on any atom is -0.352 e. The van der Waals surface area contributed by atoms with E-state index in [1.54, 1.807) is 24.3 Å². The molecule has 1 fully saturated rings. The molecule has 0 radical (unpaired) electrons. The van der Waals surface area contributed by atoms with Crippen molar-refractivity contribution in [3.63, 3.8) is 0 Å². The molecule has 0 saturated carbocycles. The van der Waals surface area contributed by atoms with Crippen molar-refractivity contribution < 1.29 is 9.59 Å². The average molecular weight is 289 g/mol. The first-order valence-electron chi connectivity index (χ1n) is 7.49. The molecule has 1 saturated heterocycles. The smallest absolute Gasteiger partial charge is 0.251 e. The van der Waals surface area contributed by atoms with Gasteiger partial charge in [-0.3, -0.25) is 9.59 Å². The number of benzene rings is 1. The summed E-state index contributed by atoms with van der Waals surface area (Å²) in [6.07, 6.45) is 0.956. The van der Waals surface area contributed by atoms with E-state index in [2.05, 4.69) is 15.5 Å². The predicted molar refractivity (Wildman–Crippen MR) is 82.7 cm³/mol. The third-order valence-electron chi connectivity index (χ3n) is 3.70. The summed E-state index contributed by atoms with van der Waals surface area (Å²) >= 11 is 0. The highest BCUT2D eigenvalue weighted by Crippen LogP contribution is 2.05. The van der Waals surface area contributed by atoms with E-state index in [4.69, 9.17) is 0 Å². The van der Waals surface area contributed by atoms with Crippen molar-refractivity contribution in [2.45, 2.75) is 13.3 Å². The second kappa shape index (κ2) is 7.90. The zero-order valence-electron chi connectivity index (χ0n) is 12.5. The molecule has 1 heterocycles. The van der Waals surface area contributed by atoms with Crippen LogP contribution in [0.5, 0.6) is 0 Å². The highest BCUT2D eigenvalue weighted by atomic mass is 16.1. The highest BCUT2D eigenvalue weighted by molar-refractivity contribution is 5.97. The maximum atomic E-state index is 12.0. The van der Waals surface area contributed by atoms with E-state index in [9.17, 15) is 9.59 Å². The van der Waals surface area contributed by atoms with Gasteiger partial charge in [-0.15, -0.1) is 0 Å². The summed E-state index contributed by atoms with van der Waals surface area (Å²) in [6.45, 7) is 7.48. The lowest BCUT2D eigenvalue weighted by Gasteiger charge is -2.27. The molecule has 2 N–H and O–H groups in total. The Morgan fingerprint density at radius 3 is 2.38 bits per heavy atom. The van der Waals surface area contributed by atoms with Crippen LogP contribution in [0.1, 0.15) is 34.1 Å². The lowest BCUT2D eigenvalue weighted by Crippen LogP contribution is -2.44. The van der Waals surface area contributed by atoms with Gasteiger partial charge in [-0.25, -0.2) is 0 Å². The van der Waals surface area contributed by atoms with Gasteiger partial charge in [0.25, 0.3) is 5.91 Å². The Balaban J connectivity index is 1.70. The average Bonchev–Trinajstić information content (AvgIpc) is 2.52. The number of carbonyl (C=O) groups excluding carboxylic acids is 2. The van der Waals surface area contributed by atoms with E-state index in [1.807, 2.05) is 0 Å². The second-order valence-electron chi connectivity index (χ2n) is 5.33. The third kappa shape index (κ3) is 4.95. The standard InChI is InChI=1S/C16H23N3O2/c1-13(20)14-3-5-15(6-4-14)16(21)18-7-2-10-19-11-8-17-9-12-19/h3-6,17H,2,7-12H2,1H3,(H,18,21). The van der Waals surface area contributed by atoms with Crippen LogP contribution in [-0.2, 0) is 0 Å². The van der Waals surface area contributed by atoms with Crippen molar-refractivity contribution in [2.75, 3.05) is 39.3 Å². The molecule has 1 aromatic carbocycles. The van der Waals surface area contributed by atoms with Gasteiger partial charge in [0.2, 0.25) is 0 Å². The predicted octanol–water partition coefficient (Wildman–Crippen LogP) is 0.914. The number of nitrogens with zero attached hydrogens (tertiary/aromatic N) is 1. The van der Waals surface area contributed by atoms with Gasteiger partial charge < -0.3 is 15.5 Å². The first kappa shape index (κ1) is 15.7. The van der Waals surface area contributed by atoms with Crippen molar-refractivity contribution in [2.24, 2.45) is 0 Å². The van der Waals surface area contributed by atoms with Gasteiger partial charge in [-0.05, 0) is 32.0 Å². The molecule has 1 aromatic rings. The van der Waals surface area contributed by atoms with E-state index in [1.165, 1.54) is 6.92 Å². The summed E-state index contributed by atoms with van der Waals surface area (Å²) in [5, 5.41) is 6.24. The Morgan fingerprint density at radius 1 is 1.14 bits per heavy atom. The summed E-state index contributed by atoms with van der Waals surface area (Å²) in [6, 6.07) is 6.78. The molecule has 0 atom stereocenters. The molecule has 1 aliphatic rings. The number of carbonyl (C=O) groups is 2. The van der Waals surface area contributed by atoms with Crippen LogP contribution in [-0.4, -0.2) is 55.9 Å². The fourth-order valence-corrected chi connectivity index (χ4v) is 2.40. The Labute approximate surface area is 125 Å². The summed E-state index contributed by atoms with van der Waals surface area (Å²) in [7, 11) is 0. The largest absolute Gasteiger partial charge is 0.352 e. The van der Waals surface area contributed by atoms with E-state index in [-0.39, 0.29) is 11.7 Å². The number of Topliss-reactive ketones (excluding diaryl/α,β-unsaturated/α-hetero) is 1. The van der Waals surface area contributed by atoms with Gasteiger partial charge in [-0.1, -0.05) is 12.1 Å². The van der Waals surface area contributed by atoms with Gasteiger partial charge in [-0.2, -0.15) is 0 Å². The number of nitrogens with one attached hydrogen (secondary N) is 2. The molecule has 0 unspecified atom stereocenters. The summed E-state index contributed by atoms with van der Waals surface area (Å²) in [5.74, 6) is -0.0663. The van der Waals surface area contributed by atoms with Crippen LogP contribution in [0.4, 0.5) is 0 Å². The number of rotatable bonds is 6. The lowest BCUT2D eigenvalue weighted by atomic mass is 10.1. The Kier molecular flexibility index (Phi) is 5.90. The van der Waals surface area contributed by atoms with Crippen LogP contribution < -0.4 is 10.6 Å². The minimum atomic E-state index is -0.0783. The maximum absolute atomic E-state index is 12.0. The van der Waals surface area contributed by atoms with Gasteiger partial charge in [0.05, 0.1) is 0 Å². The summed E-state index contributed by atoms with van der Waals surface area (Å²) in [5.41, 5.74) is 1.23. The Hall–Kier alpha value is -1.72. The molecule has 0 aliphatic carbocycles. The molecular formula is C16H23N3O2. The summed E-state index contributed by atoms with van der Waals surface area (Å²) < 4.78 is 0. The zero-order valence-corrected chi connectivity index (χ0v) is 12.5. The number of hydrogen-bond donors (Lipinski definition) is 2. The third-order valence-corrected chi connectivity index (χ3v) is 3.70. The summed E-state index contributed by atoms with van der Waals surface area (Å²) in [4.78, 5) is 25.5. The van der Waals surface area contributed by atoms with Crippen LogP contribution in [0.2, 0.25) is 0 Å². The topological polar surface area (TPSA) is 61.4 Å². The van der Waals surface area contributed by atoms with Crippen molar-refractivity contribution in [1.29, 1.82) is 0 Å². The number of piperazine rings is 1. The van der Waals surface area contributed by atoms with E-state index >= 15 is 0 Å². The first-order chi connectivity index (χ1) is 10.2. The van der Waals surface area contributed by atoms with Crippen LogP contribution >= 0.6 is 0 Å². The van der Waals surface area contributed by atoms with Gasteiger partial charge in [0, 0.05) is 43.9 Å². The second-order valence-corrected chi connectivity index (χ2v) is 5.33. The van der Waals surface area contributed by atoms with Gasteiger partial charge in [0.1, 0.15) is 0 Å². The van der Waals surface area contributed by atoms with Gasteiger partial charge >= 0.3 is 0 Å². The lowest BCUT2D eigenvalue weighted by molar-refractivity contribution is 0.0949. The fraction of sp³-hybridized carbons (Fsp3) is 0.500. The highest BCUT2D eigenvalue weighted by Gasteiger charge is 2.09. The zero-order chi connectivity index (χ0) is 15.1. The normalized spacial score (nSPS) is 15.7. The monoisotopic (exact) mass is 289 g/mol. The molecule has 5 heteroatoms. The molecule has 0 bridgehead atoms. The molecule has 1 amide bonds. The minimum absolute atomic E-state index is 0.0120. The fourth-order valence-electron chi connectivity index (χ4n) is 2.40. The molecule has 21 heavy (non-hydrogen) atoms. The first-order valence-corrected chi connectivity index (χ1v) is 7.49. The van der Waals surface area contributed by atoms with Gasteiger partial charge in [0.15, 0.2) is 5.78 Å². The number of ketones is 1. The SMILES string of the molecule is CC(=O)c1ccc(C(=O)NCCCN2CCNCC2)cc1. The van der Waals surface area contributed by atoms with E-state index in [0.717, 1.165) is 39.1 Å². The maximum Gasteiger partial charge on any atom is 0.251 e. The molecule has 2 rings (SSSR count). The Bertz CT molecular complexity index is 479. The number of hydrogen-bond acceptors (Lipinski definition) is 4. The molecule has 5 nitrogen and oxygen atoms in total. The Morgan fingerprint density at radius 2 is 1.76 bits per heavy atom. The molecule has 114 valence electrons. The van der Waals surface area contributed by atoms with Crippen LogP contribution in [0, 0.1) is 0 Å². The molecular weight excluding hydrogens is 266 g/mol. The van der Waals surface area contributed by atoms with Crippen molar-refractivity contribution in [1.82, 2.24) is 15.5 Å². The molecule has 0 aromatic heterocycles. The van der Waals surface area contributed by atoms with Crippen molar-refractivity contribution in [3.8, 4) is 0 Å². The van der Waals surface area contributed by atoms with Crippen molar-refractivity contribution in [3.05, 3.63) is 35.4 Å². The van der Waals surface area contributed by atoms with Crippen LogP contribution in [0.25, 0.3) is 0 Å². The van der Waals surface area contributed by atoms with E-state index in [0.29, 0.717) is 17.7 Å². The van der Waals surface area contributed by atoms with Crippen LogP contribution in [0.15, 0.2) is 24.3 Å². The van der Waals surface area contributed by atoms with Crippen LogP contribution in [0.3, 0.4) is 0 Å². The molecule has 1 aliphatic heterocycles.